The Bertz CT molecular complexity index is 959. The van der Waals surface area contributed by atoms with Crippen LogP contribution in [0.5, 0.6) is 5.75 Å². The molecule has 0 saturated heterocycles. The summed E-state index contributed by atoms with van der Waals surface area (Å²) in [5.74, 6) is 0.295. The van der Waals surface area contributed by atoms with E-state index in [9.17, 15) is 9.59 Å². The van der Waals surface area contributed by atoms with Crippen LogP contribution in [0.25, 0.3) is 10.9 Å². The maximum atomic E-state index is 12.0. The maximum Gasteiger partial charge on any atom is 0.271 e. The number of benzene rings is 2. The summed E-state index contributed by atoms with van der Waals surface area (Å²) in [7, 11) is 1.56. The number of hydrazone groups is 1. The van der Waals surface area contributed by atoms with Crippen LogP contribution in [0.15, 0.2) is 64.5 Å². The Hall–Kier alpha value is -3.41. The minimum Gasteiger partial charge on any atom is -0.497 e. The molecule has 0 aliphatic carbocycles. The molecule has 0 atom stereocenters. The van der Waals surface area contributed by atoms with E-state index in [-0.39, 0.29) is 11.5 Å². The van der Waals surface area contributed by atoms with Crippen LogP contribution in [0.3, 0.4) is 0 Å². The van der Waals surface area contributed by atoms with Gasteiger partial charge in [-0.1, -0.05) is 18.2 Å². The SMILES string of the molecule is COc1ccc(C(=O)N/N=C\c2cc3ccccc3[nH]c2=O)cc1. The van der Waals surface area contributed by atoms with Gasteiger partial charge in [-0.2, -0.15) is 5.10 Å². The Labute approximate surface area is 137 Å². The number of fused-ring (bicyclic) bond motifs is 1. The van der Waals surface area contributed by atoms with Gasteiger partial charge in [0.25, 0.3) is 11.5 Å². The van der Waals surface area contributed by atoms with Crippen molar-refractivity contribution in [3.63, 3.8) is 0 Å². The van der Waals surface area contributed by atoms with E-state index in [4.69, 9.17) is 4.74 Å². The zero-order valence-corrected chi connectivity index (χ0v) is 12.9. The molecular formula is C18H15N3O3. The van der Waals surface area contributed by atoms with E-state index in [1.165, 1.54) is 6.21 Å². The summed E-state index contributed by atoms with van der Waals surface area (Å²) in [4.78, 5) is 26.7. The molecule has 1 aromatic heterocycles. The number of aromatic amines is 1. The first kappa shape index (κ1) is 15.5. The van der Waals surface area contributed by atoms with E-state index in [1.54, 1.807) is 37.4 Å². The van der Waals surface area contributed by atoms with Gasteiger partial charge in [-0.05, 0) is 41.8 Å². The summed E-state index contributed by atoms with van der Waals surface area (Å²) in [6.45, 7) is 0. The average molecular weight is 321 g/mol. The normalized spacial score (nSPS) is 10.9. The lowest BCUT2D eigenvalue weighted by molar-refractivity contribution is 0.0955. The number of rotatable bonds is 4. The van der Waals surface area contributed by atoms with Crippen molar-refractivity contribution in [3.8, 4) is 5.75 Å². The predicted molar refractivity (Wildman–Crippen MR) is 92.6 cm³/mol. The first-order valence-corrected chi connectivity index (χ1v) is 7.27. The highest BCUT2D eigenvalue weighted by Gasteiger charge is 2.04. The highest BCUT2D eigenvalue weighted by atomic mass is 16.5. The zero-order chi connectivity index (χ0) is 16.9. The monoisotopic (exact) mass is 321 g/mol. The maximum absolute atomic E-state index is 12.0. The van der Waals surface area contributed by atoms with Crippen molar-refractivity contribution < 1.29 is 9.53 Å². The van der Waals surface area contributed by atoms with E-state index < -0.39 is 0 Å². The fraction of sp³-hybridized carbons (Fsp3) is 0.0556. The number of methoxy groups -OCH3 is 1. The van der Waals surface area contributed by atoms with Crippen molar-refractivity contribution in [3.05, 3.63) is 76.1 Å². The number of amides is 1. The second kappa shape index (κ2) is 6.78. The second-order valence-electron chi connectivity index (χ2n) is 5.07. The summed E-state index contributed by atoms with van der Waals surface area (Å²) in [6, 6.07) is 15.8. The lowest BCUT2D eigenvalue weighted by Gasteiger charge is -2.02. The molecule has 2 aromatic carbocycles. The van der Waals surface area contributed by atoms with Crippen molar-refractivity contribution in [1.82, 2.24) is 10.4 Å². The van der Waals surface area contributed by atoms with Gasteiger partial charge in [0.1, 0.15) is 5.75 Å². The van der Waals surface area contributed by atoms with Crippen LogP contribution in [-0.4, -0.2) is 24.2 Å². The first-order valence-electron chi connectivity index (χ1n) is 7.27. The van der Waals surface area contributed by atoms with Crippen LogP contribution in [0.1, 0.15) is 15.9 Å². The molecule has 0 bridgehead atoms. The van der Waals surface area contributed by atoms with Gasteiger partial charge in [0.05, 0.1) is 18.9 Å². The van der Waals surface area contributed by atoms with Gasteiger partial charge in [-0.15, -0.1) is 0 Å². The standard InChI is InChI=1S/C18H15N3O3/c1-24-15-8-6-12(7-9-15)18(23)21-19-11-14-10-13-4-2-3-5-16(13)20-17(14)22/h2-11H,1H3,(H,20,22)(H,21,23)/b19-11-. The molecule has 0 aliphatic heterocycles. The number of hydrogen-bond donors (Lipinski definition) is 2. The van der Waals surface area contributed by atoms with Crippen molar-refractivity contribution in [2.45, 2.75) is 0 Å². The van der Waals surface area contributed by atoms with Crippen LogP contribution in [0, 0.1) is 0 Å². The minimum absolute atomic E-state index is 0.267. The Kier molecular flexibility index (Phi) is 4.38. The second-order valence-corrected chi connectivity index (χ2v) is 5.07. The highest BCUT2D eigenvalue weighted by molar-refractivity contribution is 5.95. The number of aromatic nitrogens is 1. The summed E-state index contributed by atoms with van der Waals surface area (Å²) in [5.41, 5.74) is 3.69. The number of para-hydroxylation sites is 1. The molecule has 120 valence electrons. The van der Waals surface area contributed by atoms with Crippen molar-refractivity contribution in [2.75, 3.05) is 7.11 Å². The molecule has 3 aromatic rings. The van der Waals surface area contributed by atoms with Gasteiger partial charge in [0.2, 0.25) is 0 Å². The van der Waals surface area contributed by atoms with Crippen LogP contribution in [-0.2, 0) is 0 Å². The van der Waals surface area contributed by atoms with E-state index in [0.717, 1.165) is 10.9 Å². The van der Waals surface area contributed by atoms with Gasteiger partial charge in [0.15, 0.2) is 0 Å². The topological polar surface area (TPSA) is 83.5 Å². The lowest BCUT2D eigenvalue weighted by Crippen LogP contribution is -2.19. The molecular weight excluding hydrogens is 306 g/mol. The summed E-state index contributed by atoms with van der Waals surface area (Å²) in [5, 5.41) is 4.74. The quantitative estimate of drug-likeness (QED) is 0.571. The first-order chi connectivity index (χ1) is 11.7. The molecule has 0 unspecified atom stereocenters. The third-order valence-corrected chi connectivity index (χ3v) is 3.50. The minimum atomic E-state index is -0.369. The summed E-state index contributed by atoms with van der Waals surface area (Å²) >= 11 is 0. The third kappa shape index (κ3) is 3.33. The molecule has 0 spiro atoms. The molecule has 0 radical (unpaired) electrons. The molecule has 0 aliphatic rings. The zero-order valence-electron chi connectivity index (χ0n) is 12.9. The fourth-order valence-corrected chi connectivity index (χ4v) is 2.23. The van der Waals surface area contributed by atoms with Crippen molar-refractivity contribution in [1.29, 1.82) is 0 Å². The molecule has 0 saturated carbocycles. The van der Waals surface area contributed by atoms with E-state index in [0.29, 0.717) is 16.9 Å². The fourth-order valence-electron chi connectivity index (χ4n) is 2.23. The average Bonchev–Trinajstić information content (AvgIpc) is 2.62. The summed E-state index contributed by atoms with van der Waals surface area (Å²) in [6.07, 6.45) is 1.33. The molecule has 3 rings (SSSR count). The smallest absolute Gasteiger partial charge is 0.271 e. The Morgan fingerprint density at radius 1 is 1.17 bits per heavy atom. The van der Waals surface area contributed by atoms with Gasteiger partial charge < -0.3 is 9.72 Å². The van der Waals surface area contributed by atoms with Crippen LogP contribution in [0.2, 0.25) is 0 Å². The van der Waals surface area contributed by atoms with Gasteiger partial charge in [0, 0.05) is 11.1 Å². The van der Waals surface area contributed by atoms with Gasteiger partial charge in [-0.25, -0.2) is 5.43 Å². The van der Waals surface area contributed by atoms with Gasteiger partial charge in [-0.3, -0.25) is 9.59 Å². The van der Waals surface area contributed by atoms with Crippen molar-refractivity contribution >= 4 is 23.0 Å². The Balaban J connectivity index is 1.74. The summed E-state index contributed by atoms with van der Waals surface area (Å²) < 4.78 is 5.04. The molecule has 6 nitrogen and oxygen atoms in total. The molecule has 1 amide bonds. The molecule has 2 N–H and O–H groups in total. The predicted octanol–water partition coefficient (Wildman–Crippen LogP) is 2.30. The molecule has 1 heterocycles. The van der Waals surface area contributed by atoms with Crippen LogP contribution in [0.4, 0.5) is 0 Å². The molecule has 0 fully saturated rings. The van der Waals surface area contributed by atoms with Gasteiger partial charge >= 0.3 is 0 Å². The number of nitrogens with zero attached hydrogens (tertiary/aromatic N) is 1. The van der Waals surface area contributed by atoms with Crippen LogP contribution < -0.4 is 15.7 Å². The number of carbonyl (C=O) groups is 1. The lowest BCUT2D eigenvalue weighted by atomic mass is 10.2. The van der Waals surface area contributed by atoms with E-state index >= 15 is 0 Å². The van der Waals surface area contributed by atoms with Crippen LogP contribution >= 0.6 is 0 Å². The number of nitrogens with one attached hydrogen (secondary N) is 2. The Morgan fingerprint density at radius 2 is 1.92 bits per heavy atom. The van der Waals surface area contributed by atoms with E-state index in [2.05, 4.69) is 15.5 Å². The molecule has 6 heteroatoms. The number of H-pyrrole nitrogens is 1. The van der Waals surface area contributed by atoms with Crippen molar-refractivity contribution in [2.24, 2.45) is 5.10 Å². The largest absolute Gasteiger partial charge is 0.497 e. The number of hydrogen-bond acceptors (Lipinski definition) is 4. The van der Waals surface area contributed by atoms with E-state index in [1.807, 2.05) is 24.3 Å². The Morgan fingerprint density at radius 3 is 2.67 bits per heavy atom. The number of pyridine rings is 1. The molecule has 24 heavy (non-hydrogen) atoms. The number of carbonyl (C=O) groups excluding carboxylic acids is 1. The highest BCUT2D eigenvalue weighted by Crippen LogP contribution is 2.11. The number of ether oxygens (including phenoxy) is 1. The third-order valence-electron chi connectivity index (χ3n) is 3.50.